The summed E-state index contributed by atoms with van der Waals surface area (Å²) < 4.78 is 10.7. The van der Waals surface area contributed by atoms with Crippen LogP contribution in [0.15, 0.2) is 27.8 Å². The monoisotopic (exact) mass is 406 g/mol. The molecule has 0 aliphatic heterocycles. The quantitative estimate of drug-likeness (QED) is 0.698. The van der Waals surface area contributed by atoms with Gasteiger partial charge < -0.3 is 19.8 Å². The molecule has 152 valence electrons. The highest BCUT2D eigenvalue weighted by Gasteiger charge is 2.21. The van der Waals surface area contributed by atoms with Crippen LogP contribution in [0.4, 0.5) is 10.5 Å². The normalized spacial score (nSPS) is 12.4. The van der Waals surface area contributed by atoms with Gasteiger partial charge in [-0.3, -0.25) is 4.79 Å². The molecule has 0 fully saturated rings. The number of nitrogens with zero attached hydrogens (tertiary/aromatic N) is 2. The van der Waals surface area contributed by atoms with Crippen LogP contribution in [-0.2, 0) is 9.53 Å². The summed E-state index contributed by atoms with van der Waals surface area (Å²) in [5.41, 5.74) is 2.25. The number of carbonyl (C=O) groups excluding carboxylic acids is 2. The number of alkyl carbamates (subject to hydrolysis) is 1. The predicted octanol–water partition coefficient (Wildman–Crippen LogP) is 4.00. The number of hydrogen-bond acceptors (Lipinski definition) is 7. The Kier molecular flexibility index (Phi) is 7.06. The summed E-state index contributed by atoms with van der Waals surface area (Å²) in [6.07, 6.45) is -0.569. The molecule has 0 radical (unpaired) electrons. The maximum absolute atomic E-state index is 12.2. The van der Waals surface area contributed by atoms with E-state index in [1.165, 1.54) is 0 Å². The lowest BCUT2D eigenvalue weighted by atomic mass is 10.1. The summed E-state index contributed by atoms with van der Waals surface area (Å²) in [5, 5.41) is 13.6. The Labute approximate surface area is 168 Å². The van der Waals surface area contributed by atoms with Crippen molar-refractivity contribution in [2.45, 2.75) is 58.4 Å². The van der Waals surface area contributed by atoms with E-state index in [4.69, 9.17) is 9.15 Å². The Bertz CT molecular complexity index is 845. The number of anilines is 1. The molecule has 9 heteroatoms. The van der Waals surface area contributed by atoms with Crippen molar-refractivity contribution < 1.29 is 18.7 Å². The Morgan fingerprint density at radius 3 is 2.64 bits per heavy atom. The van der Waals surface area contributed by atoms with E-state index in [1.54, 1.807) is 27.7 Å². The van der Waals surface area contributed by atoms with E-state index in [0.29, 0.717) is 0 Å². The molecule has 1 aromatic carbocycles. The first-order valence-corrected chi connectivity index (χ1v) is 9.85. The smallest absolute Gasteiger partial charge is 0.408 e. The lowest BCUT2D eigenvalue weighted by Gasteiger charge is -2.20. The van der Waals surface area contributed by atoms with Gasteiger partial charge in [-0.25, -0.2) is 4.79 Å². The van der Waals surface area contributed by atoms with Gasteiger partial charge in [0.15, 0.2) is 0 Å². The van der Waals surface area contributed by atoms with Crippen LogP contribution >= 0.6 is 11.8 Å². The number of rotatable bonds is 6. The second kappa shape index (κ2) is 9.09. The molecule has 1 aromatic heterocycles. The Balaban J connectivity index is 1.86. The third kappa shape index (κ3) is 6.88. The Morgan fingerprint density at radius 2 is 1.96 bits per heavy atom. The maximum atomic E-state index is 12.2. The first-order chi connectivity index (χ1) is 13.0. The van der Waals surface area contributed by atoms with Gasteiger partial charge in [0, 0.05) is 5.69 Å². The molecule has 0 aliphatic carbocycles. The number of aromatic nitrogens is 2. The van der Waals surface area contributed by atoms with Gasteiger partial charge in [-0.05, 0) is 58.7 Å². The third-order valence-electron chi connectivity index (χ3n) is 3.52. The topological polar surface area (TPSA) is 106 Å². The molecule has 0 bridgehead atoms. The van der Waals surface area contributed by atoms with Gasteiger partial charge in [-0.2, -0.15) is 0 Å². The summed E-state index contributed by atoms with van der Waals surface area (Å²) in [4.78, 5) is 24.0. The summed E-state index contributed by atoms with van der Waals surface area (Å²) in [6.45, 7) is 11.0. The van der Waals surface area contributed by atoms with Crippen molar-refractivity contribution in [3.63, 3.8) is 0 Å². The van der Waals surface area contributed by atoms with Crippen LogP contribution in [0.25, 0.3) is 0 Å². The third-order valence-corrected chi connectivity index (χ3v) is 4.34. The molecule has 8 nitrogen and oxygen atoms in total. The maximum Gasteiger partial charge on any atom is 0.408 e. The van der Waals surface area contributed by atoms with Crippen molar-refractivity contribution >= 4 is 29.4 Å². The molecular formula is C19H26N4O4S. The average Bonchev–Trinajstić information content (AvgIpc) is 3.03. The SMILES string of the molecule is Cc1ccc(C)c(NC(=O)CSc2nnc([C@H](C)NC(=O)OC(C)(C)C)o2)c1. The van der Waals surface area contributed by atoms with Crippen molar-refractivity contribution in [3.8, 4) is 0 Å². The van der Waals surface area contributed by atoms with Crippen LogP contribution in [0.3, 0.4) is 0 Å². The molecule has 2 N–H and O–H groups in total. The summed E-state index contributed by atoms with van der Waals surface area (Å²) in [5.74, 6) is 0.199. The number of aryl methyl sites for hydroxylation is 2. The van der Waals surface area contributed by atoms with E-state index in [0.717, 1.165) is 28.6 Å². The highest BCUT2D eigenvalue weighted by Crippen LogP contribution is 2.21. The number of hydrogen-bond donors (Lipinski definition) is 2. The zero-order valence-electron chi connectivity index (χ0n) is 17.0. The molecule has 0 saturated carbocycles. The van der Waals surface area contributed by atoms with Crippen molar-refractivity contribution in [1.82, 2.24) is 15.5 Å². The molecule has 2 rings (SSSR count). The van der Waals surface area contributed by atoms with Crippen molar-refractivity contribution in [3.05, 3.63) is 35.2 Å². The van der Waals surface area contributed by atoms with Gasteiger partial charge in [0.2, 0.25) is 11.8 Å². The molecule has 0 aliphatic rings. The number of amides is 2. The minimum absolute atomic E-state index is 0.128. The Hall–Kier alpha value is -2.55. The van der Waals surface area contributed by atoms with Gasteiger partial charge in [-0.15, -0.1) is 10.2 Å². The summed E-state index contributed by atoms with van der Waals surface area (Å²) in [6, 6.07) is 5.36. The number of benzene rings is 1. The fourth-order valence-corrected chi connectivity index (χ4v) is 2.75. The minimum Gasteiger partial charge on any atom is -0.444 e. The van der Waals surface area contributed by atoms with Crippen molar-refractivity contribution in [1.29, 1.82) is 0 Å². The lowest BCUT2D eigenvalue weighted by molar-refractivity contribution is -0.113. The highest BCUT2D eigenvalue weighted by molar-refractivity contribution is 7.99. The second-order valence-electron chi connectivity index (χ2n) is 7.43. The fourth-order valence-electron chi connectivity index (χ4n) is 2.18. The van der Waals surface area contributed by atoms with E-state index >= 15 is 0 Å². The predicted molar refractivity (Wildman–Crippen MR) is 107 cm³/mol. The standard InChI is InChI=1S/C19H26N4O4S/c1-11-7-8-12(2)14(9-11)21-15(24)10-28-18-23-22-16(26-18)13(3)20-17(25)27-19(4,5)6/h7-9,13H,10H2,1-6H3,(H,20,25)(H,21,24)/t13-/m0/s1. The molecule has 0 unspecified atom stereocenters. The molecule has 2 amide bonds. The van der Waals surface area contributed by atoms with Gasteiger partial charge in [-0.1, -0.05) is 23.9 Å². The van der Waals surface area contributed by atoms with Crippen LogP contribution in [0.5, 0.6) is 0 Å². The minimum atomic E-state index is -0.595. The molecule has 1 heterocycles. The van der Waals surface area contributed by atoms with Crippen LogP contribution in [0.2, 0.25) is 0 Å². The number of ether oxygens (including phenoxy) is 1. The first kappa shape index (κ1) is 21.7. The van der Waals surface area contributed by atoms with Crippen LogP contribution in [-0.4, -0.2) is 33.6 Å². The average molecular weight is 407 g/mol. The lowest BCUT2D eigenvalue weighted by Crippen LogP contribution is -2.34. The summed E-state index contributed by atoms with van der Waals surface area (Å²) in [7, 11) is 0. The molecule has 0 spiro atoms. The summed E-state index contributed by atoms with van der Waals surface area (Å²) >= 11 is 1.13. The van der Waals surface area contributed by atoms with Crippen LogP contribution in [0.1, 0.15) is 50.8 Å². The molecular weight excluding hydrogens is 380 g/mol. The first-order valence-electron chi connectivity index (χ1n) is 8.86. The van der Waals surface area contributed by atoms with Gasteiger partial charge >= 0.3 is 6.09 Å². The number of nitrogens with one attached hydrogen (secondary N) is 2. The zero-order valence-corrected chi connectivity index (χ0v) is 17.8. The van der Waals surface area contributed by atoms with Crippen molar-refractivity contribution in [2.24, 2.45) is 0 Å². The Morgan fingerprint density at radius 1 is 1.25 bits per heavy atom. The van der Waals surface area contributed by atoms with Crippen molar-refractivity contribution in [2.75, 3.05) is 11.1 Å². The van der Waals surface area contributed by atoms with Gasteiger partial charge in [0.25, 0.3) is 5.22 Å². The van der Waals surface area contributed by atoms with E-state index < -0.39 is 17.7 Å². The number of carbonyl (C=O) groups is 2. The van der Waals surface area contributed by atoms with Crippen LogP contribution in [0, 0.1) is 13.8 Å². The second-order valence-corrected chi connectivity index (χ2v) is 8.36. The van der Waals surface area contributed by atoms with Crippen LogP contribution < -0.4 is 10.6 Å². The molecule has 28 heavy (non-hydrogen) atoms. The van der Waals surface area contributed by atoms with E-state index in [-0.39, 0.29) is 22.8 Å². The number of thioether (sulfide) groups is 1. The van der Waals surface area contributed by atoms with E-state index in [9.17, 15) is 9.59 Å². The van der Waals surface area contributed by atoms with E-state index in [1.807, 2.05) is 32.0 Å². The highest BCUT2D eigenvalue weighted by atomic mass is 32.2. The van der Waals surface area contributed by atoms with Gasteiger partial charge in [0.05, 0.1) is 5.75 Å². The molecule has 2 aromatic rings. The fraction of sp³-hybridized carbons (Fsp3) is 0.474. The van der Waals surface area contributed by atoms with E-state index in [2.05, 4.69) is 20.8 Å². The van der Waals surface area contributed by atoms with Gasteiger partial charge in [0.1, 0.15) is 11.6 Å². The molecule has 0 saturated heterocycles. The zero-order chi connectivity index (χ0) is 20.9. The molecule has 1 atom stereocenters. The largest absolute Gasteiger partial charge is 0.444 e.